The fourth-order valence-electron chi connectivity index (χ4n) is 20.0. The van der Waals surface area contributed by atoms with E-state index in [4.69, 9.17) is 0 Å². The topological polar surface area (TPSA) is 16.3 Å². The zero-order valence-corrected chi connectivity index (χ0v) is 70.1. The molecule has 2 aromatic heterocycles. The quantitative estimate of drug-likeness (QED) is 0.101. The molecule has 23 aromatic carbocycles. The van der Waals surface area contributed by atoms with Gasteiger partial charge in [0.15, 0.2) is 0 Å². The molecule has 0 aliphatic rings. The molecule has 0 aliphatic carbocycles. The highest BCUT2D eigenvalue weighted by Gasteiger charge is 2.22. The molecule has 128 heavy (non-hydrogen) atoms. The highest BCUT2D eigenvalue weighted by atomic mass is 15.2. The molecule has 4 heteroatoms. The summed E-state index contributed by atoms with van der Waals surface area (Å²) in [5.74, 6) is 0. The summed E-state index contributed by atoms with van der Waals surface area (Å²) in [4.78, 5) is 4.76. The number of hydrogen-bond acceptors (Lipinski definition) is 2. The van der Waals surface area contributed by atoms with Crippen LogP contribution < -0.4 is 9.80 Å². The Bertz CT molecular complexity index is 8400. The van der Waals surface area contributed by atoms with Crippen LogP contribution in [-0.2, 0) is 0 Å². The van der Waals surface area contributed by atoms with Gasteiger partial charge in [0.1, 0.15) is 0 Å². The molecule has 0 saturated heterocycles. The number of anilines is 6. The van der Waals surface area contributed by atoms with E-state index in [1.807, 2.05) is 0 Å². The van der Waals surface area contributed by atoms with Crippen molar-refractivity contribution < 1.29 is 0 Å². The van der Waals surface area contributed by atoms with Crippen LogP contribution in [0.25, 0.3) is 197 Å². The Labute approximate surface area is 742 Å². The lowest BCUT2D eigenvalue weighted by Crippen LogP contribution is -2.10. The van der Waals surface area contributed by atoms with Crippen LogP contribution in [0.15, 0.2) is 497 Å². The van der Waals surface area contributed by atoms with Gasteiger partial charge in [-0.2, -0.15) is 0 Å². The molecule has 4 nitrogen and oxygen atoms in total. The number of benzene rings is 23. The Morgan fingerprint density at radius 2 is 0.359 bits per heavy atom. The molecule has 0 aliphatic heterocycles. The van der Waals surface area contributed by atoms with E-state index in [-0.39, 0.29) is 0 Å². The van der Waals surface area contributed by atoms with Crippen molar-refractivity contribution in [3.8, 4) is 78.1 Å². The molecule has 0 N–H and O–H groups in total. The van der Waals surface area contributed by atoms with E-state index in [2.05, 4.69) is 516 Å². The van der Waals surface area contributed by atoms with Gasteiger partial charge in [-0.15, -0.1) is 0 Å². The highest BCUT2D eigenvalue weighted by molar-refractivity contribution is 6.27. The lowest BCUT2D eigenvalue weighted by Gasteiger charge is -2.26. The van der Waals surface area contributed by atoms with E-state index in [1.165, 1.54) is 186 Å². The van der Waals surface area contributed by atoms with E-state index >= 15 is 0 Å². The second kappa shape index (κ2) is 31.8. The van der Waals surface area contributed by atoms with Crippen LogP contribution in [-0.4, -0.2) is 9.13 Å². The van der Waals surface area contributed by atoms with Gasteiger partial charge >= 0.3 is 0 Å². The summed E-state index contributed by atoms with van der Waals surface area (Å²) < 4.78 is 4.79. The van der Waals surface area contributed by atoms with E-state index in [1.54, 1.807) is 0 Å². The van der Waals surface area contributed by atoms with Crippen molar-refractivity contribution in [2.45, 2.75) is 0 Å². The first-order chi connectivity index (χ1) is 63.5. The van der Waals surface area contributed by atoms with E-state index in [0.29, 0.717) is 0 Å². The maximum atomic E-state index is 2.40. The van der Waals surface area contributed by atoms with Crippen molar-refractivity contribution in [1.82, 2.24) is 9.13 Å². The van der Waals surface area contributed by atoms with Crippen LogP contribution in [0, 0.1) is 0 Å². The number of nitrogens with zero attached hydrogens (tertiary/aromatic N) is 4. The van der Waals surface area contributed by atoms with E-state index < -0.39 is 0 Å². The molecule has 0 saturated carbocycles. The minimum Gasteiger partial charge on any atom is -0.310 e. The van der Waals surface area contributed by atoms with Crippen molar-refractivity contribution in [2.24, 2.45) is 0 Å². The Kier molecular flexibility index (Phi) is 18.6. The van der Waals surface area contributed by atoms with Gasteiger partial charge < -0.3 is 18.9 Å². The summed E-state index contributed by atoms with van der Waals surface area (Å²) in [5.41, 5.74) is 27.9. The van der Waals surface area contributed by atoms with Gasteiger partial charge in [-0.05, 0) is 263 Å². The average molecular weight is 1630 g/mol. The molecule has 25 rings (SSSR count). The molecule has 0 atom stereocenters. The highest BCUT2D eigenvalue weighted by Crippen LogP contribution is 2.46. The van der Waals surface area contributed by atoms with Gasteiger partial charge in [-0.1, -0.05) is 376 Å². The Hall–Kier alpha value is -16.9. The van der Waals surface area contributed by atoms with Crippen molar-refractivity contribution >= 4 is 153 Å². The fourth-order valence-corrected chi connectivity index (χ4v) is 20.0. The number of rotatable bonds is 14. The maximum absolute atomic E-state index is 2.40. The monoisotopic (exact) mass is 1630 g/mol. The molecule has 2 heterocycles. The van der Waals surface area contributed by atoms with Crippen LogP contribution in [0.2, 0.25) is 0 Å². The predicted octanol–water partition coefficient (Wildman–Crippen LogP) is 34.6. The first-order valence-electron chi connectivity index (χ1n) is 44.1. The summed E-state index contributed by atoms with van der Waals surface area (Å²) >= 11 is 0. The molecule has 0 radical (unpaired) electrons. The van der Waals surface area contributed by atoms with Crippen LogP contribution >= 0.6 is 0 Å². The minimum atomic E-state index is 1.08. The Balaban J connectivity index is 0.000000143. The van der Waals surface area contributed by atoms with Gasteiger partial charge in [-0.3, -0.25) is 0 Å². The van der Waals surface area contributed by atoms with Crippen molar-refractivity contribution in [3.63, 3.8) is 0 Å². The third-order valence-electron chi connectivity index (χ3n) is 26.2. The van der Waals surface area contributed by atoms with Gasteiger partial charge in [0.2, 0.25) is 0 Å². The lowest BCUT2D eigenvalue weighted by atomic mass is 9.92. The lowest BCUT2D eigenvalue weighted by molar-refractivity contribution is 1.17. The van der Waals surface area contributed by atoms with Crippen LogP contribution in [0.4, 0.5) is 34.1 Å². The van der Waals surface area contributed by atoms with Gasteiger partial charge in [0, 0.05) is 67.0 Å². The van der Waals surface area contributed by atoms with E-state index in [9.17, 15) is 0 Å². The van der Waals surface area contributed by atoms with Crippen LogP contribution in [0.3, 0.4) is 0 Å². The van der Waals surface area contributed by atoms with Crippen molar-refractivity contribution in [2.75, 3.05) is 9.80 Å². The Morgan fingerprint density at radius 3 is 0.703 bits per heavy atom. The molecular formula is C124H82N4. The third kappa shape index (κ3) is 13.3. The molecule has 0 unspecified atom stereocenters. The largest absolute Gasteiger partial charge is 0.310 e. The number of hydrogen-bond donors (Lipinski definition) is 0. The zero-order chi connectivity index (χ0) is 84.5. The van der Waals surface area contributed by atoms with Crippen molar-refractivity contribution in [1.29, 1.82) is 0 Å². The maximum Gasteiger partial charge on any atom is 0.0541 e. The first kappa shape index (κ1) is 74.9. The summed E-state index contributed by atoms with van der Waals surface area (Å²) in [5, 5.41) is 23.0. The van der Waals surface area contributed by atoms with Crippen molar-refractivity contribution in [3.05, 3.63) is 497 Å². The average Bonchev–Trinajstić information content (AvgIpc) is 1.49. The summed E-state index contributed by atoms with van der Waals surface area (Å²) in [6.45, 7) is 0. The smallest absolute Gasteiger partial charge is 0.0541 e. The number of aromatic nitrogens is 2. The predicted molar refractivity (Wildman–Crippen MR) is 546 cm³/mol. The van der Waals surface area contributed by atoms with Gasteiger partial charge in [0.25, 0.3) is 0 Å². The molecular weight excluding hydrogens is 1550 g/mol. The molecule has 0 spiro atoms. The second-order valence-electron chi connectivity index (χ2n) is 33.4. The molecule has 25 aromatic rings. The number of para-hydroxylation sites is 4. The Morgan fingerprint density at radius 1 is 0.125 bits per heavy atom. The van der Waals surface area contributed by atoms with Gasteiger partial charge in [-0.25, -0.2) is 0 Å². The number of fused-ring (bicyclic) bond motifs is 19. The SMILES string of the molecule is c1cc(N(c2ccc(-c3ccc(-c4cccc5ccccc45)cc3)cc2)c2ccc(-c3ccc4c5ccccc5c5ccccc5c4c3)cc2)cc(-n2c3ccccc3c3ccccc32)c1.c1ccc(-c2ccc(-c3ccc(N(c4ccc(-c5ccc6c7ccccc7c7ccccc7c6c5)cc4)c4cccc(-n5c6ccccc6c6ccccc65)c4)cc3)cc2)cc1. The zero-order valence-electron chi connectivity index (χ0n) is 70.1. The standard InChI is InChI=1S/C64H42N2.C60H40N2/c1-2-17-53-46(13-1)14-11-24-54(53)47-29-27-43(28-30-47)44-31-36-49(37-32-44)65(51-15-12-16-52(42-51)66-63-25-9-7-22-60(63)61-23-8-10-26-64(61)66)50-38-33-45(34-39-50)48-35-40-59-57-20-4-3-18-55(57)56-19-5-6-21-58(56)62(59)41-48;1-2-13-41(14-3-1)42-25-27-43(28-26-42)44-29-34-47(35-30-44)61(49-15-12-16-50(40-49)62-59-23-10-8-21-56(59)57-22-9-11-24-60(57)62)48-36-31-45(32-37-48)46-33-38-55-53-19-5-4-17-51(53)52-18-6-7-20-54(52)58(55)39-46/h1-42H;1-40H. The summed E-state index contributed by atoms with van der Waals surface area (Å²) in [7, 11) is 0. The fraction of sp³-hybridized carbons (Fsp3) is 0. The molecule has 598 valence electrons. The summed E-state index contributed by atoms with van der Waals surface area (Å²) in [6.07, 6.45) is 0. The molecule has 0 bridgehead atoms. The first-order valence-corrected chi connectivity index (χ1v) is 44.1. The van der Waals surface area contributed by atoms with Crippen LogP contribution in [0.5, 0.6) is 0 Å². The van der Waals surface area contributed by atoms with Crippen LogP contribution in [0.1, 0.15) is 0 Å². The minimum absolute atomic E-state index is 1.08. The molecule has 0 fully saturated rings. The normalized spacial score (nSPS) is 11.6. The summed E-state index contributed by atoms with van der Waals surface area (Å²) in [6, 6.07) is 182. The van der Waals surface area contributed by atoms with E-state index in [0.717, 1.165) is 45.5 Å². The molecule has 0 amide bonds. The van der Waals surface area contributed by atoms with Gasteiger partial charge in [0.05, 0.1) is 22.1 Å². The third-order valence-corrected chi connectivity index (χ3v) is 26.2. The second-order valence-corrected chi connectivity index (χ2v) is 33.4.